The molecule has 0 aliphatic rings. The van der Waals surface area contributed by atoms with E-state index >= 15 is 0 Å². The molecule has 0 bridgehead atoms. The molecule has 2 nitrogen and oxygen atoms in total. The number of unbranched alkanes of at least 4 members (excludes halogenated alkanes) is 3. The Labute approximate surface area is 141 Å². The normalized spacial score (nSPS) is 12.5. The van der Waals surface area contributed by atoms with Crippen molar-refractivity contribution in [2.24, 2.45) is 0 Å². The lowest BCUT2D eigenvalue weighted by Gasteiger charge is -2.18. The number of hydrogen-bond acceptors (Lipinski definition) is 2. The lowest BCUT2D eigenvalue weighted by molar-refractivity contribution is 0.558. The molecule has 0 radical (unpaired) electrons. The number of aryl methyl sites for hydroxylation is 1. The zero-order chi connectivity index (χ0) is 16.5. The maximum Gasteiger partial charge on any atom is 0.130 e. The number of thioether (sulfide) groups is 1. The highest BCUT2D eigenvalue weighted by molar-refractivity contribution is 7.99. The van der Waals surface area contributed by atoms with E-state index in [0.29, 0.717) is 5.56 Å². The summed E-state index contributed by atoms with van der Waals surface area (Å²) in [7, 11) is 0. The molecule has 2 rings (SSSR count). The summed E-state index contributed by atoms with van der Waals surface area (Å²) in [4.78, 5) is 4.03. The van der Waals surface area contributed by atoms with Gasteiger partial charge in [0.05, 0.1) is 6.33 Å². The average Bonchev–Trinajstić information content (AvgIpc) is 3.04. The van der Waals surface area contributed by atoms with Crippen LogP contribution in [0.25, 0.3) is 0 Å². The first kappa shape index (κ1) is 18.0. The van der Waals surface area contributed by atoms with Crippen LogP contribution in [0, 0.1) is 11.6 Å². The van der Waals surface area contributed by atoms with Gasteiger partial charge in [0.15, 0.2) is 0 Å². The second-order valence-corrected chi connectivity index (χ2v) is 6.99. The lowest BCUT2D eigenvalue weighted by Crippen LogP contribution is -2.05. The largest absolute Gasteiger partial charge is 0.337 e. The molecule has 1 aromatic carbocycles. The van der Waals surface area contributed by atoms with Gasteiger partial charge in [0.2, 0.25) is 0 Å². The van der Waals surface area contributed by atoms with E-state index in [0.717, 1.165) is 31.2 Å². The van der Waals surface area contributed by atoms with E-state index in [1.165, 1.54) is 25.3 Å². The Morgan fingerprint density at radius 2 is 2.09 bits per heavy atom. The fourth-order valence-corrected chi connectivity index (χ4v) is 3.83. The molecular formula is C18H24F2N2S. The van der Waals surface area contributed by atoms with Crippen LogP contribution < -0.4 is 0 Å². The van der Waals surface area contributed by atoms with Gasteiger partial charge in [0, 0.05) is 35.8 Å². The molecule has 126 valence electrons. The van der Waals surface area contributed by atoms with Gasteiger partial charge in [-0.05, 0) is 24.7 Å². The highest BCUT2D eigenvalue weighted by Gasteiger charge is 2.17. The molecule has 2 aromatic rings. The quantitative estimate of drug-likeness (QED) is 0.524. The van der Waals surface area contributed by atoms with Crippen molar-refractivity contribution in [3.8, 4) is 0 Å². The van der Waals surface area contributed by atoms with Crippen LogP contribution in [-0.2, 0) is 6.54 Å². The van der Waals surface area contributed by atoms with E-state index in [1.807, 2.05) is 10.8 Å². The third-order valence-corrected chi connectivity index (χ3v) is 5.25. The van der Waals surface area contributed by atoms with Crippen LogP contribution in [0.3, 0.4) is 0 Å². The van der Waals surface area contributed by atoms with Crippen LogP contribution >= 0.6 is 11.8 Å². The number of halogens is 2. The zero-order valence-corrected chi connectivity index (χ0v) is 14.4. The third kappa shape index (κ3) is 5.98. The van der Waals surface area contributed by atoms with Gasteiger partial charge in [-0.15, -0.1) is 0 Å². The van der Waals surface area contributed by atoms with Crippen LogP contribution in [-0.4, -0.2) is 15.3 Å². The van der Waals surface area contributed by atoms with Crippen molar-refractivity contribution in [1.82, 2.24) is 9.55 Å². The number of aromatic nitrogens is 2. The molecule has 0 aliphatic carbocycles. The predicted molar refractivity (Wildman–Crippen MR) is 92.5 cm³/mol. The van der Waals surface area contributed by atoms with Crippen molar-refractivity contribution in [2.45, 2.75) is 50.8 Å². The monoisotopic (exact) mass is 338 g/mol. The number of nitrogens with zero attached hydrogens (tertiary/aromatic N) is 2. The minimum atomic E-state index is -0.521. The molecule has 0 N–H and O–H groups in total. The first-order chi connectivity index (χ1) is 11.2. The maximum absolute atomic E-state index is 14.1. The molecule has 5 heteroatoms. The lowest BCUT2D eigenvalue weighted by atomic mass is 10.1. The standard InChI is InChI=1S/C18H24F2N2S/c1-2-3-4-5-12-23-18(8-10-22-11-9-21-14-22)16-7-6-15(19)13-17(16)20/h6-7,9,11,13-14,18H,2-5,8,10,12H2,1H3. The van der Waals surface area contributed by atoms with Gasteiger partial charge < -0.3 is 4.57 Å². The first-order valence-corrected chi connectivity index (χ1v) is 9.28. The van der Waals surface area contributed by atoms with Crippen LogP contribution in [0.2, 0.25) is 0 Å². The van der Waals surface area contributed by atoms with Crippen molar-refractivity contribution < 1.29 is 8.78 Å². The molecule has 1 atom stereocenters. The van der Waals surface area contributed by atoms with Crippen LogP contribution in [0.15, 0.2) is 36.9 Å². The maximum atomic E-state index is 14.1. The SMILES string of the molecule is CCCCCCSC(CCn1ccnc1)c1ccc(F)cc1F. The molecule has 23 heavy (non-hydrogen) atoms. The van der Waals surface area contributed by atoms with E-state index < -0.39 is 11.6 Å². The number of imidazole rings is 1. The van der Waals surface area contributed by atoms with Gasteiger partial charge in [-0.1, -0.05) is 32.3 Å². The first-order valence-electron chi connectivity index (χ1n) is 8.23. The van der Waals surface area contributed by atoms with Gasteiger partial charge in [-0.2, -0.15) is 11.8 Å². The summed E-state index contributed by atoms with van der Waals surface area (Å²) in [5.41, 5.74) is 0.604. The zero-order valence-electron chi connectivity index (χ0n) is 13.5. The second-order valence-electron chi connectivity index (χ2n) is 5.68. The summed E-state index contributed by atoms with van der Waals surface area (Å²) >= 11 is 1.77. The molecule has 0 saturated carbocycles. The number of hydrogen-bond donors (Lipinski definition) is 0. The Morgan fingerprint density at radius 3 is 2.78 bits per heavy atom. The summed E-state index contributed by atoms with van der Waals surface area (Å²) < 4.78 is 29.3. The Kier molecular flexibility index (Phi) is 7.59. The number of rotatable bonds is 10. The minimum Gasteiger partial charge on any atom is -0.337 e. The Hall–Kier alpha value is -1.36. The molecular weight excluding hydrogens is 314 g/mol. The van der Waals surface area contributed by atoms with E-state index in [4.69, 9.17) is 0 Å². The average molecular weight is 338 g/mol. The van der Waals surface area contributed by atoms with Crippen molar-refractivity contribution in [3.63, 3.8) is 0 Å². The summed E-state index contributed by atoms with van der Waals surface area (Å²) in [6.07, 6.45) is 11.0. The van der Waals surface area contributed by atoms with Crippen LogP contribution in [0.1, 0.15) is 49.8 Å². The fourth-order valence-electron chi connectivity index (χ4n) is 2.53. The molecule has 0 saturated heterocycles. The predicted octanol–water partition coefficient (Wildman–Crippen LogP) is 5.61. The van der Waals surface area contributed by atoms with Gasteiger partial charge in [-0.25, -0.2) is 13.8 Å². The van der Waals surface area contributed by atoms with Gasteiger partial charge >= 0.3 is 0 Å². The van der Waals surface area contributed by atoms with Crippen molar-refractivity contribution in [2.75, 3.05) is 5.75 Å². The number of benzene rings is 1. The summed E-state index contributed by atoms with van der Waals surface area (Å²) in [6.45, 7) is 2.97. The summed E-state index contributed by atoms with van der Waals surface area (Å²) in [5, 5.41) is 0.0413. The topological polar surface area (TPSA) is 17.8 Å². The molecule has 0 amide bonds. The van der Waals surface area contributed by atoms with E-state index in [9.17, 15) is 8.78 Å². The third-order valence-electron chi connectivity index (χ3n) is 3.83. The summed E-state index contributed by atoms with van der Waals surface area (Å²) in [5.74, 6) is 0.0417. The highest BCUT2D eigenvalue weighted by atomic mass is 32.2. The van der Waals surface area contributed by atoms with Crippen LogP contribution in [0.5, 0.6) is 0 Å². The van der Waals surface area contributed by atoms with E-state index in [2.05, 4.69) is 11.9 Å². The Balaban J connectivity index is 1.97. The molecule has 1 unspecified atom stereocenters. The second kappa shape index (κ2) is 9.71. The smallest absolute Gasteiger partial charge is 0.130 e. The molecule has 1 aromatic heterocycles. The van der Waals surface area contributed by atoms with E-state index in [-0.39, 0.29) is 5.25 Å². The Bertz CT molecular complexity index is 572. The van der Waals surface area contributed by atoms with E-state index in [1.54, 1.807) is 30.4 Å². The molecule has 1 heterocycles. The Morgan fingerprint density at radius 1 is 1.22 bits per heavy atom. The summed E-state index contributed by atoms with van der Waals surface area (Å²) in [6, 6.07) is 3.92. The molecule has 0 aliphatic heterocycles. The van der Waals surface area contributed by atoms with Crippen molar-refractivity contribution in [1.29, 1.82) is 0 Å². The van der Waals surface area contributed by atoms with Crippen LogP contribution in [0.4, 0.5) is 8.78 Å². The molecule has 0 spiro atoms. The fraction of sp³-hybridized carbons (Fsp3) is 0.500. The van der Waals surface area contributed by atoms with Gasteiger partial charge in [0.1, 0.15) is 11.6 Å². The van der Waals surface area contributed by atoms with Crippen molar-refractivity contribution in [3.05, 3.63) is 54.1 Å². The van der Waals surface area contributed by atoms with Crippen molar-refractivity contribution >= 4 is 11.8 Å². The minimum absolute atomic E-state index is 0.0413. The molecule has 0 fully saturated rings. The van der Waals surface area contributed by atoms with Gasteiger partial charge in [0.25, 0.3) is 0 Å². The van der Waals surface area contributed by atoms with Gasteiger partial charge in [-0.3, -0.25) is 0 Å². The highest BCUT2D eigenvalue weighted by Crippen LogP contribution is 2.35.